The fraction of sp³-hybridized carbons (Fsp3) is 0.897. The summed E-state index contributed by atoms with van der Waals surface area (Å²) < 4.78 is 5.73. The number of esters is 1. The first-order valence-electron chi connectivity index (χ1n) is 13.5. The van der Waals surface area contributed by atoms with Crippen LogP contribution in [-0.4, -0.2) is 12.1 Å². The molecule has 0 aromatic carbocycles. The molecule has 0 aromatic rings. The van der Waals surface area contributed by atoms with Crippen molar-refractivity contribution in [2.75, 3.05) is 0 Å². The van der Waals surface area contributed by atoms with Gasteiger partial charge in [-0.3, -0.25) is 4.79 Å². The number of rotatable bonds is 6. The fourth-order valence-electron chi connectivity index (χ4n) is 8.87. The first-order valence-corrected chi connectivity index (χ1v) is 13.5. The summed E-state index contributed by atoms with van der Waals surface area (Å²) in [6.45, 7) is 14.1. The lowest BCUT2D eigenvalue weighted by Gasteiger charge is -2.55. The van der Waals surface area contributed by atoms with Crippen LogP contribution in [0.5, 0.6) is 0 Å². The Balaban J connectivity index is 1.53. The predicted molar refractivity (Wildman–Crippen MR) is 129 cm³/mol. The molecule has 0 bridgehead atoms. The van der Waals surface area contributed by atoms with E-state index in [-0.39, 0.29) is 17.5 Å². The minimum Gasteiger partial charge on any atom is -0.463 e. The lowest BCUT2D eigenvalue weighted by atomic mass is 9.50. The molecule has 0 amide bonds. The van der Waals surface area contributed by atoms with Gasteiger partial charge in [-0.1, -0.05) is 65.0 Å². The summed E-state index contributed by atoms with van der Waals surface area (Å²) in [6, 6.07) is 0. The molecule has 4 aliphatic rings. The Kier molecular flexibility index (Phi) is 6.68. The highest BCUT2D eigenvalue weighted by Gasteiger charge is 2.56. The molecule has 0 aliphatic heterocycles. The van der Waals surface area contributed by atoms with Gasteiger partial charge in [-0.2, -0.15) is 0 Å². The van der Waals surface area contributed by atoms with Gasteiger partial charge in [-0.15, -0.1) is 0 Å². The summed E-state index contributed by atoms with van der Waals surface area (Å²) in [6.07, 6.45) is 16.0. The van der Waals surface area contributed by atoms with E-state index >= 15 is 0 Å². The van der Waals surface area contributed by atoms with E-state index in [0.29, 0.717) is 5.41 Å². The first-order chi connectivity index (χ1) is 14.6. The van der Waals surface area contributed by atoms with Crippen molar-refractivity contribution in [3.63, 3.8) is 0 Å². The van der Waals surface area contributed by atoms with E-state index in [2.05, 4.69) is 34.6 Å². The SMILES string of the molecule is CC(=O)O[C@H]1CCC2CCC3=C(CC[C@]4(C)[C@@H]([C@H](C)CCCC(C)C)CC[C@@H]34)[C@@]2(C)C1. The summed E-state index contributed by atoms with van der Waals surface area (Å²) in [5.41, 5.74) is 4.47. The number of carbonyl (C=O) groups is 1. The zero-order chi connectivity index (χ0) is 22.4. The number of hydrogen-bond acceptors (Lipinski definition) is 2. The van der Waals surface area contributed by atoms with Crippen LogP contribution in [0.2, 0.25) is 0 Å². The summed E-state index contributed by atoms with van der Waals surface area (Å²) in [5, 5.41) is 0. The molecule has 0 radical (unpaired) electrons. The Morgan fingerprint density at radius 1 is 1.03 bits per heavy atom. The second kappa shape index (κ2) is 8.86. The smallest absolute Gasteiger partial charge is 0.302 e. The minimum absolute atomic E-state index is 0.0987. The zero-order valence-electron chi connectivity index (χ0n) is 21.3. The molecule has 2 fully saturated rings. The topological polar surface area (TPSA) is 26.3 Å². The van der Waals surface area contributed by atoms with Crippen LogP contribution >= 0.6 is 0 Å². The summed E-state index contributed by atoms with van der Waals surface area (Å²) >= 11 is 0. The normalized spacial score (nSPS) is 40.9. The van der Waals surface area contributed by atoms with Crippen molar-refractivity contribution in [1.29, 1.82) is 0 Å². The third-order valence-electron chi connectivity index (χ3n) is 10.4. The Morgan fingerprint density at radius 2 is 1.81 bits per heavy atom. The van der Waals surface area contributed by atoms with Crippen molar-refractivity contribution in [2.45, 2.75) is 125 Å². The van der Waals surface area contributed by atoms with Crippen LogP contribution in [0.15, 0.2) is 11.1 Å². The number of ether oxygens (including phenoxy) is 1. The Morgan fingerprint density at radius 3 is 2.52 bits per heavy atom. The molecule has 0 spiro atoms. The van der Waals surface area contributed by atoms with Crippen molar-refractivity contribution < 1.29 is 9.53 Å². The molecule has 4 rings (SSSR count). The molecule has 2 heteroatoms. The minimum atomic E-state index is -0.0987. The van der Waals surface area contributed by atoms with Crippen LogP contribution in [0.4, 0.5) is 0 Å². The highest BCUT2D eigenvalue weighted by atomic mass is 16.5. The predicted octanol–water partition coefficient (Wildman–Crippen LogP) is 8.10. The maximum Gasteiger partial charge on any atom is 0.302 e. The highest BCUT2D eigenvalue weighted by molar-refractivity contribution is 5.66. The number of hydrogen-bond donors (Lipinski definition) is 0. The van der Waals surface area contributed by atoms with E-state index in [1.54, 1.807) is 6.92 Å². The monoisotopic (exact) mass is 428 g/mol. The Labute approximate surface area is 192 Å². The molecule has 31 heavy (non-hydrogen) atoms. The van der Waals surface area contributed by atoms with Gasteiger partial charge in [-0.05, 0) is 98.2 Å². The molecule has 2 nitrogen and oxygen atoms in total. The van der Waals surface area contributed by atoms with E-state index in [1.165, 1.54) is 64.2 Å². The molecule has 176 valence electrons. The van der Waals surface area contributed by atoms with Gasteiger partial charge in [0, 0.05) is 6.92 Å². The standard InChI is InChI=1S/C29H48O2/c1-19(2)8-7-9-20(3)25-14-15-26-24-13-11-22-10-12-23(31-21(4)30)18-29(22,6)27(24)16-17-28(25,26)5/h19-20,22-23,25-26H,7-18H2,1-6H3/t20-,22?,23+,25-,26+,28-,29+/m1/s1. The van der Waals surface area contributed by atoms with Gasteiger partial charge in [0.05, 0.1) is 0 Å². The van der Waals surface area contributed by atoms with Gasteiger partial charge in [0.2, 0.25) is 0 Å². The van der Waals surface area contributed by atoms with Gasteiger partial charge < -0.3 is 4.74 Å². The third kappa shape index (κ3) is 4.26. The van der Waals surface area contributed by atoms with Crippen molar-refractivity contribution in [1.82, 2.24) is 0 Å². The number of allylic oxidation sites excluding steroid dienone is 2. The second-order valence-electron chi connectivity index (χ2n) is 12.7. The summed E-state index contributed by atoms with van der Waals surface area (Å²) in [4.78, 5) is 11.6. The van der Waals surface area contributed by atoms with Gasteiger partial charge in [0.25, 0.3) is 0 Å². The van der Waals surface area contributed by atoms with Gasteiger partial charge >= 0.3 is 5.97 Å². The second-order valence-corrected chi connectivity index (χ2v) is 12.7. The molecular formula is C29H48O2. The molecule has 0 N–H and O–H groups in total. The third-order valence-corrected chi connectivity index (χ3v) is 10.4. The molecular weight excluding hydrogens is 380 g/mol. The molecule has 2 saturated carbocycles. The van der Waals surface area contributed by atoms with Crippen LogP contribution in [0.3, 0.4) is 0 Å². The summed E-state index contributed by atoms with van der Waals surface area (Å²) in [5.74, 6) is 4.13. The molecule has 4 aliphatic carbocycles. The van der Waals surface area contributed by atoms with Crippen LogP contribution in [0, 0.1) is 40.4 Å². The largest absolute Gasteiger partial charge is 0.463 e. The maximum atomic E-state index is 11.6. The molecule has 0 aromatic heterocycles. The molecule has 0 saturated heterocycles. The quantitative estimate of drug-likeness (QED) is 0.315. The van der Waals surface area contributed by atoms with Crippen LogP contribution < -0.4 is 0 Å². The van der Waals surface area contributed by atoms with Crippen molar-refractivity contribution in [3.8, 4) is 0 Å². The van der Waals surface area contributed by atoms with Crippen molar-refractivity contribution >= 4 is 5.97 Å². The summed E-state index contributed by atoms with van der Waals surface area (Å²) in [7, 11) is 0. The average Bonchev–Trinajstić information content (AvgIpc) is 3.03. The zero-order valence-corrected chi connectivity index (χ0v) is 21.3. The molecule has 7 atom stereocenters. The van der Waals surface area contributed by atoms with Gasteiger partial charge in [0.1, 0.15) is 6.10 Å². The van der Waals surface area contributed by atoms with E-state index in [0.717, 1.165) is 42.4 Å². The van der Waals surface area contributed by atoms with E-state index in [4.69, 9.17) is 4.74 Å². The number of carbonyl (C=O) groups excluding carboxylic acids is 1. The van der Waals surface area contributed by atoms with Crippen molar-refractivity contribution in [2.24, 2.45) is 40.4 Å². The average molecular weight is 429 g/mol. The lowest BCUT2D eigenvalue weighted by Crippen LogP contribution is -2.46. The molecule has 1 unspecified atom stereocenters. The first kappa shape index (κ1) is 23.4. The fourth-order valence-corrected chi connectivity index (χ4v) is 8.87. The van der Waals surface area contributed by atoms with Crippen LogP contribution in [-0.2, 0) is 9.53 Å². The van der Waals surface area contributed by atoms with Crippen LogP contribution in [0.1, 0.15) is 119 Å². The van der Waals surface area contributed by atoms with Crippen molar-refractivity contribution in [3.05, 3.63) is 11.1 Å². The van der Waals surface area contributed by atoms with Gasteiger partial charge in [0.15, 0.2) is 0 Å². The highest BCUT2D eigenvalue weighted by Crippen LogP contribution is 2.66. The van der Waals surface area contributed by atoms with E-state index in [1.807, 2.05) is 11.1 Å². The Bertz CT molecular complexity index is 706. The van der Waals surface area contributed by atoms with E-state index in [9.17, 15) is 4.79 Å². The Hall–Kier alpha value is -0.790. The number of fused-ring (bicyclic) bond motifs is 4. The maximum absolute atomic E-state index is 11.6. The van der Waals surface area contributed by atoms with Gasteiger partial charge in [-0.25, -0.2) is 0 Å². The molecule has 0 heterocycles. The van der Waals surface area contributed by atoms with Crippen LogP contribution in [0.25, 0.3) is 0 Å². The van der Waals surface area contributed by atoms with E-state index < -0.39 is 0 Å². The lowest BCUT2D eigenvalue weighted by molar-refractivity contribution is -0.150.